The van der Waals surface area contributed by atoms with E-state index in [9.17, 15) is 9.18 Å². The van der Waals surface area contributed by atoms with Crippen molar-refractivity contribution in [2.45, 2.75) is 25.0 Å². The number of carbonyl (C=O) groups is 1. The van der Waals surface area contributed by atoms with Gasteiger partial charge in [-0.2, -0.15) is 0 Å². The number of benzene rings is 2. The number of nitrogen functional groups attached to an aromatic ring is 1. The van der Waals surface area contributed by atoms with Crippen molar-refractivity contribution in [1.29, 1.82) is 0 Å². The van der Waals surface area contributed by atoms with Crippen LogP contribution in [0.5, 0.6) is 11.5 Å². The highest BCUT2D eigenvalue weighted by atomic mass is 35.5. The fraction of sp³-hybridized carbons (Fsp3) is 0.435. The van der Waals surface area contributed by atoms with Crippen LogP contribution in [0.4, 0.5) is 10.1 Å². The quantitative estimate of drug-likeness (QED) is 0.433. The van der Waals surface area contributed by atoms with Gasteiger partial charge in [0.25, 0.3) is 5.91 Å². The Kier molecular flexibility index (Phi) is 7.13. The minimum atomic E-state index is -2.62. The summed E-state index contributed by atoms with van der Waals surface area (Å²) >= 11 is 6.08. The summed E-state index contributed by atoms with van der Waals surface area (Å²) in [5.41, 5.74) is 6.26. The Morgan fingerprint density at radius 2 is 2.16 bits per heavy atom. The van der Waals surface area contributed by atoms with E-state index in [1.807, 2.05) is 0 Å². The van der Waals surface area contributed by atoms with E-state index in [1.165, 1.54) is 31.4 Å². The second-order valence-corrected chi connectivity index (χ2v) is 7.96. The molecule has 2 atom stereocenters. The van der Waals surface area contributed by atoms with Crippen LogP contribution in [0.3, 0.4) is 0 Å². The second kappa shape index (κ2) is 11.4. The summed E-state index contributed by atoms with van der Waals surface area (Å²) in [6.07, 6.45) is 0.403. The molecule has 9 heteroatoms. The molecule has 1 aliphatic heterocycles. The summed E-state index contributed by atoms with van der Waals surface area (Å²) in [7, 11) is -1.21. The van der Waals surface area contributed by atoms with Crippen LogP contribution in [-0.4, -0.2) is 63.3 Å². The van der Waals surface area contributed by atoms with Crippen molar-refractivity contribution in [2.75, 3.05) is 46.1 Å². The lowest BCUT2D eigenvalue weighted by Gasteiger charge is -2.38. The fourth-order valence-electron chi connectivity index (χ4n) is 3.64. The monoisotopic (exact) mass is 468 g/mol. The SMILES string of the molecule is [2H]C([2H])([2H])O[C@@H]1CN(CCCOc2ccc(F)cc2)CC[C@@H]1NC(=O)c1cc(Cl)c(N)cc1OC. The Hall–Kier alpha value is -2.55. The van der Waals surface area contributed by atoms with Crippen LogP contribution in [0.25, 0.3) is 0 Å². The van der Waals surface area contributed by atoms with Gasteiger partial charge in [0.05, 0.1) is 46.2 Å². The van der Waals surface area contributed by atoms with Crippen molar-refractivity contribution < 1.29 is 27.5 Å². The highest BCUT2D eigenvalue weighted by Crippen LogP contribution is 2.29. The number of methoxy groups -OCH3 is 2. The zero-order chi connectivity index (χ0) is 25.6. The lowest BCUT2D eigenvalue weighted by molar-refractivity contribution is 0.00527. The number of ether oxygens (including phenoxy) is 3. The molecule has 3 N–H and O–H groups in total. The molecule has 0 radical (unpaired) electrons. The molecular weight excluding hydrogens is 437 g/mol. The molecule has 1 saturated heterocycles. The molecule has 0 spiro atoms. The third-order valence-electron chi connectivity index (χ3n) is 5.38. The number of nitrogens with two attached hydrogens (primary N) is 1. The van der Waals surface area contributed by atoms with Gasteiger partial charge in [-0.15, -0.1) is 0 Å². The van der Waals surface area contributed by atoms with Gasteiger partial charge in [-0.05, 0) is 43.2 Å². The van der Waals surface area contributed by atoms with Crippen LogP contribution >= 0.6 is 11.6 Å². The Labute approximate surface area is 196 Å². The molecular formula is C23H29ClFN3O4. The summed E-state index contributed by atoms with van der Waals surface area (Å²) in [5.74, 6) is 0.0468. The van der Waals surface area contributed by atoms with E-state index < -0.39 is 25.1 Å². The van der Waals surface area contributed by atoms with Crippen molar-refractivity contribution in [3.05, 3.63) is 52.8 Å². The molecule has 1 aliphatic rings. The lowest BCUT2D eigenvalue weighted by atomic mass is 10.0. The van der Waals surface area contributed by atoms with Crippen molar-refractivity contribution in [3.8, 4) is 11.5 Å². The number of nitrogens with zero attached hydrogens (tertiary/aromatic N) is 1. The number of piperidine rings is 1. The van der Waals surface area contributed by atoms with Crippen LogP contribution in [0, 0.1) is 5.82 Å². The van der Waals surface area contributed by atoms with Gasteiger partial charge >= 0.3 is 0 Å². The molecule has 0 aliphatic carbocycles. The number of anilines is 1. The van der Waals surface area contributed by atoms with Gasteiger partial charge in [0.15, 0.2) is 0 Å². The van der Waals surface area contributed by atoms with Gasteiger partial charge in [0, 0.05) is 32.7 Å². The molecule has 0 unspecified atom stereocenters. The standard InChI is InChI=1S/C23H29ClFN3O4/c1-30-21-13-19(26)18(24)12-17(21)23(29)27-20-8-10-28(14-22(20)31-2)9-3-11-32-16-6-4-15(25)5-7-16/h4-7,12-13,20,22H,3,8-11,14,26H2,1-2H3,(H,27,29)/t20-,22+/m0/s1/i2D3. The third-order valence-corrected chi connectivity index (χ3v) is 5.70. The number of rotatable bonds is 9. The fourth-order valence-corrected chi connectivity index (χ4v) is 3.80. The maximum atomic E-state index is 13.0. The van der Waals surface area contributed by atoms with Crippen molar-refractivity contribution in [3.63, 3.8) is 0 Å². The normalized spacial score (nSPS) is 20.7. The first kappa shape index (κ1) is 20.1. The summed E-state index contributed by atoms with van der Waals surface area (Å²) in [6.45, 7) is 2.01. The highest BCUT2D eigenvalue weighted by Gasteiger charge is 2.31. The van der Waals surface area contributed by atoms with Crippen LogP contribution in [0.2, 0.25) is 5.02 Å². The average molecular weight is 469 g/mol. The third kappa shape index (κ3) is 6.25. The molecule has 32 heavy (non-hydrogen) atoms. The highest BCUT2D eigenvalue weighted by molar-refractivity contribution is 6.33. The molecule has 1 heterocycles. The largest absolute Gasteiger partial charge is 0.496 e. The summed E-state index contributed by atoms with van der Waals surface area (Å²) in [6, 6.07) is 8.14. The van der Waals surface area contributed by atoms with E-state index in [1.54, 1.807) is 12.1 Å². The maximum Gasteiger partial charge on any atom is 0.255 e. The van der Waals surface area contributed by atoms with E-state index >= 15 is 0 Å². The molecule has 3 rings (SSSR count). The molecule has 0 aromatic heterocycles. The predicted molar refractivity (Wildman–Crippen MR) is 122 cm³/mol. The predicted octanol–water partition coefficient (Wildman–Crippen LogP) is 3.36. The molecule has 174 valence electrons. The van der Waals surface area contributed by atoms with E-state index in [-0.39, 0.29) is 27.8 Å². The van der Waals surface area contributed by atoms with E-state index in [0.29, 0.717) is 44.8 Å². The van der Waals surface area contributed by atoms with Crippen LogP contribution in [0.1, 0.15) is 27.3 Å². The molecule has 7 nitrogen and oxygen atoms in total. The number of hydrogen-bond donors (Lipinski definition) is 2. The number of nitrogens with one attached hydrogen (secondary N) is 1. The maximum absolute atomic E-state index is 13.0. The lowest BCUT2D eigenvalue weighted by Crippen LogP contribution is -2.55. The first-order valence-corrected chi connectivity index (χ1v) is 10.7. The van der Waals surface area contributed by atoms with Gasteiger partial charge in [0.2, 0.25) is 0 Å². The summed E-state index contributed by atoms with van der Waals surface area (Å²) < 4.78 is 51.8. The van der Waals surface area contributed by atoms with Crippen LogP contribution < -0.4 is 20.5 Å². The zero-order valence-corrected chi connectivity index (χ0v) is 18.5. The molecule has 2 aromatic rings. The van der Waals surface area contributed by atoms with Gasteiger partial charge in [-0.1, -0.05) is 11.6 Å². The molecule has 0 bridgehead atoms. The summed E-state index contributed by atoms with van der Waals surface area (Å²) in [5, 5.41) is 3.08. The van der Waals surface area contributed by atoms with Gasteiger partial charge < -0.3 is 30.2 Å². The number of carbonyl (C=O) groups excluding carboxylic acids is 1. The molecule has 1 amide bonds. The van der Waals surface area contributed by atoms with Crippen LogP contribution in [-0.2, 0) is 4.74 Å². The number of likely N-dealkylation sites (tertiary alicyclic amines) is 1. The Bertz CT molecular complexity index is 1010. The van der Waals surface area contributed by atoms with Crippen molar-refractivity contribution in [2.24, 2.45) is 0 Å². The Balaban J connectivity index is 1.59. The summed E-state index contributed by atoms with van der Waals surface area (Å²) in [4.78, 5) is 15.0. The first-order chi connectivity index (χ1) is 16.6. The van der Waals surface area contributed by atoms with Crippen molar-refractivity contribution >= 4 is 23.2 Å². The smallest absolute Gasteiger partial charge is 0.255 e. The van der Waals surface area contributed by atoms with E-state index in [2.05, 4.69) is 10.2 Å². The molecule has 2 aromatic carbocycles. The Morgan fingerprint density at radius 1 is 1.38 bits per heavy atom. The van der Waals surface area contributed by atoms with E-state index in [0.717, 1.165) is 0 Å². The minimum absolute atomic E-state index is 0.194. The average Bonchev–Trinajstić information content (AvgIpc) is 2.80. The van der Waals surface area contributed by atoms with Gasteiger partial charge in [-0.3, -0.25) is 4.79 Å². The Morgan fingerprint density at radius 3 is 2.88 bits per heavy atom. The number of halogens is 2. The van der Waals surface area contributed by atoms with Crippen LogP contribution in [0.15, 0.2) is 36.4 Å². The van der Waals surface area contributed by atoms with E-state index in [4.69, 9.17) is 35.7 Å². The topological polar surface area (TPSA) is 86.1 Å². The second-order valence-electron chi connectivity index (χ2n) is 7.56. The first-order valence-electron chi connectivity index (χ1n) is 11.8. The van der Waals surface area contributed by atoms with Crippen molar-refractivity contribution in [1.82, 2.24) is 10.2 Å². The van der Waals surface area contributed by atoms with Gasteiger partial charge in [0.1, 0.15) is 17.3 Å². The van der Waals surface area contributed by atoms with Gasteiger partial charge in [-0.25, -0.2) is 4.39 Å². The minimum Gasteiger partial charge on any atom is -0.496 e. The number of amides is 1. The zero-order valence-electron chi connectivity index (χ0n) is 20.8. The number of hydrogen-bond acceptors (Lipinski definition) is 6. The molecule has 0 saturated carbocycles. The molecule has 1 fully saturated rings.